The van der Waals surface area contributed by atoms with Crippen LogP contribution in [-0.2, 0) is 30.6 Å². The largest absolute Gasteiger partial charge is 0.456 e. The summed E-state index contributed by atoms with van der Waals surface area (Å²) in [6.45, 7) is 2.16. The molecule has 1 aliphatic rings. The highest BCUT2D eigenvalue weighted by Gasteiger charge is 2.29. The minimum atomic E-state index is -3.00. The number of hydrogen-bond acceptors (Lipinski definition) is 5. The fourth-order valence-electron chi connectivity index (χ4n) is 2.75. The van der Waals surface area contributed by atoms with Gasteiger partial charge in [-0.25, -0.2) is 8.42 Å². The molecular formula is C17H23NO5S. The molecule has 24 heavy (non-hydrogen) atoms. The molecule has 2 rings (SSSR count). The summed E-state index contributed by atoms with van der Waals surface area (Å²) in [5.74, 6) is -0.900. The lowest BCUT2D eigenvalue weighted by molar-refractivity contribution is -0.149. The molecule has 1 fully saturated rings. The zero-order chi connectivity index (χ0) is 17.6. The number of ether oxygens (including phenoxy) is 1. The molecule has 1 heterocycles. The number of sulfone groups is 1. The third kappa shape index (κ3) is 5.96. The Balaban J connectivity index is 1.62. The summed E-state index contributed by atoms with van der Waals surface area (Å²) in [6, 6.07) is 7.95. The van der Waals surface area contributed by atoms with Crippen molar-refractivity contribution < 1.29 is 22.7 Å². The van der Waals surface area contributed by atoms with E-state index in [1.807, 2.05) is 31.2 Å². The van der Waals surface area contributed by atoms with Gasteiger partial charge in [-0.05, 0) is 36.8 Å². The average Bonchev–Trinajstić information content (AvgIpc) is 2.86. The highest BCUT2D eigenvalue weighted by atomic mass is 32.2. The van der Waals surface area contributed by atoms with Crippen LogP contribution in [0.3, 0.4) is 0 Å². The molecule has 132 valence electrons. The third-order valence-corrected chi connectivity index (χ3v) is 5.96. The molecule has 0 radical (unpaired) electrons. The van der Waals surface area contributed by atoms with Crippen LogP contribution < -0.4 is 5.32 Å². The van der Waals surface area contributed by atoms with Crippen molar-refractivity contribution in [1.29, 1.82) is 0 Å². The number of amides is 1. The quantitative estimate of drug-likeness (QED) is 0.739. The van der Waals surface area contributed by atoms with Gasteiger partial charge in [-0.3, -0.25) is 9.59 Å². The fraction of sp³-hybridized carbons (Fsp3) is 0.529. The molecule has 1 aliphatic heterocycles. The van der Waals surface area contributed by atoms with Crippen molar-refractivity contribution in [3.05, 3.63) is 35.4 Å². The van der Waals surface area contributed by atoms with E-state index in [0.29, 0.717) is 19.4 Å². The molecule has 0 bridgehead atoms. The van der Waals surface area contributed by atoms with E-state index < -0.39 is 15.8 Å². The molecule has 1 amide bonds. The molecule has 6 nitrogen and oxygen atoms in total. The summed E-state index contributed by atoms with van der Waals surface area (Å²) in [4.78, 5) is 23.3. The molecule has 0 aliphatic carbocycles. The van der Waals surface area contributed by atoms with E-state index >= 15 is 0 Å². The minimum Gasteiger partial charge on any atom is -0.456 e. The molecule has 0 saturated carbocycles. The number of benzene rings is 1. The van der Waals surface area contributed by atoms with Gasteiger partial charge in [0.15, 0.2) is 16.4 Å². The normalized spacial score (nSPS) is 19.0. The average molecular weight is 353 g/mol. The van der Waals surface area contributed by atoms with Crippen LogP contribution in [0.5, 0.6) is 0 Å². The van der Waals surface area contributed by atoms with Gasteiger partial charge in [0.2, 0.25) is 0 Å². The molecule has 1 aromatic rings. The fourth-order valence-corrected chi connectivity index (χ4v) is 4.61. The van der Waals surface area contributed by atoms with E-state index in [2.05, 4.69) is 5.32 Å². The smallest absolute Gasteiger partial charge is 0.306 e. The number of hydrogen-bond donors (Lipinski definition) is 1. The van der Waals surface area contributed by atoms with E-state index in [9.17, 15) is 18.0 Å². The van der Waals surface area contributed by atoms with E-state index in [1.54, 1.807) is 0 Å². The highest BCUT2D eigenvalue weighted by Crippen LogP contribution is 2.21. The lowest BCUT2D eigenvalue weighted by Crippen LogP contribution is -2.30. The van der Waals surface area contributed by atoms with Crippen LogP contribution in [0.15, 0.2) is 24.3 Å². The number of nitrogens with one attached hydrogen (secondary N) is 1. The summed E-state index contributed by atoms with van der Waals surface area (Å²) in [7, 11) is -3.00. The summed E-state index contributed by atoms with van der Waals surface area (Å²) < 4.78 is 27.6. The number of carbonyl (C=O) groups is 2. The van der Waals surface area contributed by atoms with Crippen molar-refractivity contribution in [3.8, 4) is 0 Å². The third-order valence-electron chi connectivity index (χ3n) is 4.12. The maximum absolute atomic E-state index is 11.7. The van der Waals surface area contributed by atoms with Crippen LogP contribution in [0.2, 0.25) is 0 Å². The van der Waals surface area contributed by atoms with Crippen LogP contribution in [-0.4, -0.2) is 45.0 Å². The van der Waals surface area contributed by atoms with Gasteiger partial charge in [-0.15, -0.1) is 0 Å². The lowest BCUT2D eigenvalue weighted by atomic mass is 10.1. The Hall–Kier alpha value is -1.89. The zero-order valence-corrected chi connectivity index (χ0v) is 14.6. The molecular weight excluding hydrogens is 330 g/mol. The summed E-state index contributed by atoms with van der Waals surface area (Å²) >= 11 is 0. The van der Waals surface area contributed by atoms with Crippen molar-refractivity contribution in [2.24, 2.45) is 5.92 Å². The number of esters is 1. The summed E-state index contributed by atoms with van der Waals surface area (Å²) in [6.07, 6.45) is 1.25. The highest BCUT2D eigenvalue weighted by molar-refractivity contribution is 7.91. The SMILES string of the molecule is Cc1ccccc1CCNC(=O)COC(=O)C[C@@H]1CCS(=O)(=O)C1. The van der Waals surface area contributed by atoms with Crippen molar-refractivity contribution in [3.63, 3.8) is 0 Å². The van der Waals surface area contributed by atoms with Gasteiger partial charge in [0.05, 0.1) is 11.5 Å². The predicted molar refractivity (Wildman–Crippen MR) is 90.2 cm³/mol. The first-order chi connectivity index (χ1) is 11.4. The second kappa shape index (κ2) is 8.28. The zero-order valence-electron chi connectivity index (χ0n) is 13.8. The van der Waals surface area contributed by atoms with Gasteiger partial charge in [0, 0.05) is 13.0 Å². The number of rotatable bonds is 7. The van der Waals surface area contributed by atoms with Crippen molar-refractivity contribution in [2.45, 2.75) is 26.2 Å². The first kappa shape index (κ1) is 18.4. The van der Waals surface area contributed by atoms with Crippen molar-refractivity contribution >= 4 is 21.7 Å². The van der Waals surface area contributed by atoms with Crippen LogP contribution in [0.1, 0.15) is 24.0 Å². The predicted octanol–water partition coefficient (Wildman–Crippen LogP) is 1.02. The molecule has 0 spiro atoms. The van der Waals surface area contributed by atoms with E-state index in [4.69, 9.17) is 4.74 Å². The van der Waals surface area contributed by atoms with Crippen molar-refractivity contribution in [2.75, 3.05) is 24.7 Å². The Morgan fingerprint density at radius 3 is 2.71 bits per heavy atom. The topological polar surface area (TPSA) is 89.5 Å². The van der Waals surface area contributed by atoms with Gasteiger partial charge in [0.25, 0.3) is 5.91 Å². The van der Waals surface area contributed by atoms with E-state index in [-0.39, 0.29) is 36.4 Å². The molecule has 7 heteroatoms. The monoisotopic (exact) mass is 353 g/mol. The Labute approximate surface area is 142 Å². The second-order valence-electron chi connectivity index (χ2n) is 6.16. The van der Waals surface area contributed by atoms with Crippen LogP contribution >= 0.6 is 0 Å². The van der Waals surface area contributed by atoms with Crippen LogP contribution in [0.4, 0.5) is 0 Å². The van der Waals surface area contributed by atoms with Crippen LogP contribution in [0.25, 0.3) is 0 Å². The minimum absolute atomic E-state index is 0.0325. The van der Waals surface area contributed by atoms with Crippen molar-refractivity contribution in [1.82, 2.24) is 5.32 Å². The lowest BCUT2D eigenvalue weighted by Gasteiger charge is -2.09. The summed E-state index contributed by atoms with van der Waals surface area (Å²) in [5.41, 5.74) is 2.34. The molecule has 0 unspecified atom stereocenters. The van der Waals surface area contributed by atoms with E-state index in [1.165, 1.54) is 5.56 Å². The first-order valence-corrected chi connectivity index (χ1v) is 9.85. The van der Waals surface area contributed by atoms with Gasteiger partial charge < -0.3 is 10.1 Å². The maximum Gasteiger partial charge on any atom is 0.306 e. The Morgan fingerprint density at radius 2 is 2.04 bits per heavy atom. The number of aryl methyl sites for hydroxylation is 1. The summed E-state index contributed by atoms with van der Waals surface area (Å²) in [5, 5.41) is 2.71. The van der Waals surface area contributed by atoms with Crippen LogP contribution in [0, 0.1) is 12.8 Å². The van der Waals surface area contributed by atoms with Gasteiger partial charge in [-0.2, -0.15) is 0 Å². The molecule has 1 atom stereocenters. The molecule has 1 N–H and O–H groups in total. The van der Waals surface area contributed by atoms with Gasteiger partial charge in [-0.1, -0.05) is 24.3 Å². The Bertz CT molecular complexity index is 699. The molecule has 0 aromatic heterocycles. The van der Waals surface area contributed by atoms with Gasteiger partial charge >= 0.3 is 5.97 Å². The second-order valence-corrected chi connectivity index (χ2v) is 8.39. The Morgan fingerprint density at radius 1 is 1.29 bits per heavy atom. The first-order valence-electron chi connectivity index (χ1n) is 8.03. The number of carbonyl (C=O) groups excluding carboxylic acids is 2. The van der Waals surface area contributed by atoms with Gasteiger partial charge in [0.1, 0.15) is 0 Å². The molecule has 1 aromatic carbocycles. The standard InChI is InChI=1S/C17H23NO5S/c1-13-4-2-3-5-15(13)6-8-18-16(19)11-23-17(20)10-14-7-9-24(21,22)12-14/h2-5,14H,6-12H2,1H3,(H,18,19)/t14-/m0/s1. The Kier molecular flexibility index (Phi) is 6.36. The maximum atomic E-state index is 11.7. The molecule has 1 saturated heterocycles. The van der Waals surface area contributed by atoms with E-state index in [0.717, 1.165) is 5.56 Å².